The Kier molecular flexibility index (Phi) is 13.4. The standard InChI is InChI=1S/C20H19ClN6O4S2.2C2H6/c1-4-16(21)32-11(2)33(31)26-19(29)24-13-6-8-17(23-10-13)27-18(28)14-7-5-12(22-3)9-15(14)25-20(27)30;2*1-2/h4-10,22H,2H2,1,3H3,(H,25,30)(H2,24,26,29);2*1-2H3/b16-4-;;. The van der Waals surface area contributed by atoms with E-state index in [2.05, 4.69) is 31.9 Å². The van der Waals surface area contributed by atoms with Crippen LogP contribution in [-0.4, -0.2) is 31.8 Å². The number of urea groups is 1. The van der Waals surface area contributed by atoms with Crippen molar-refractivity contribution in [3.8, 4) is 5.82 Å². The smallest absolute Gasteiger partial charge is 0.334 e. The maximum absolute atomic E-state index is 12.8. The minimum atomic E-state index is -1.88. The Bertz CT molecular complexity index is 1400. The number of nitrogens with zero attached hydrogens (tertiary/aromatic N) is 2. The number of hydrogen-bond acceptors (Lipinski definition) is 7. The maximum atomic E-state index is 12.8. The van der Waals surface area contributed by atoms with Crippen LogP contribution < -0.4 is 26.6 Å². The van der Waals surface area contributed by atoms with Gasteiger partial charge in [-0.2, -0.15) is 0 Å². The zero-order valence-electron chi connectivity index (χ0n) is 21.5. The summed E-state index contributed by atoms with van der Waals surface area (Å²) in [6.07, 6.45) is 2.87. The summed E-state index contributed by atoms with van der Waals surface area (Å²) in [6, 6.07) is 7.07. The van der Waals surface area contributed by atoms with Crippen LogP contribution in [-0.2, 0) is 11.0 Å². The van der Waals surface area contributed by atoms with Gasteiger partial charge in [-0.05, 0) is 37.3 Å². The second kappa shape index (κ2) is 15.7. The molecule has 4 N–H and O–H groups in total. The lowest BCUT2D eigenvalue weighted by Gasteiger charge is -2.10. The van der Waals surface area contributed by atoms with Crippen LogP contribution in [0, 0.1) is 0 Å². The molecule has 3 aromatic rings. The Morgan fingerprint density at radius 1 is 1.16 bits per heavy atom. The molecule has 0 saturated heterocycles. The number of fused-ring (bicyclic) bond motifs is 1. The number of pyridine rings is 1. The summed E-state index contributed by atoms with van der Waals surface area (Å²) in [6.45, 7) is 13.3. The van der Waals surface area contributed by atoms with E-state index < -0.39 is 28.3 Å². The van der Waals surface area contributed by atoms with Gasteiger partial charge in [0.05, 0.1) is 31.4 Å². The fourth-order valence-electron chi connectivity index (χ4n) is 2.68. The quantitative estimate of drug-likeness (QED) is 0.306. The van der Waals surface area contributed by atoms with E-state index in [1.807, 2.05) is 27.7 Å². The van der Waals surface area contributed by atoms with Crippen molar-refractivity contribution >= 4 is 62.7 Å². The van der Waals surface area contributed by atoms with Crippen molar-refractivity contribution in [3.63, 3.8) is 0 Å². The molecule has 0 radical (unpaired) electrons. The van der Waals surface area contributed by atoms with Crippen LogP contribution in [0.5, 0.6) is 0 Å². The van der Waals surface area contributed by atoms with Crippen LogP contribution in [0.4, 0.5) is 16.2 Å². The molecule has 13 heteroatoms. The summed E-state index contributed by atoms with van der Waals surface area (Å²) in [7, 11) is -0.153. The van der Waals surface area contributed by atoms with Crippen molar-refractivity contribution in [1.29, 1.82) is 0 Å². The van der Waals surface area contributed by atoms with Crippen LogP contribution in [0.1, 0.15) is 34.6 Å². The lowest BCUT2D eigenvalue weighted by molar-refractivity contribution is 0.257. The molecule has 0 bridgehead atoms. The molecule has 2 amide bonds. The molecule has 1 unspecified atom stereocenters. The number of hydrogen-bond donors (Lipinski definition) is 4. The first-order valence-corrected chi connectivity index (χ1v) is 13.7. The number of benzene rings is 1. The molecule has 0 saturated carbocycles. The summed E-state index contributed by atoms with van der Waals surface area (Å²) in [5, 5.41) is 5.72. The van der Waals surface area contributed by atoms with Gasteiger partial charge in [0.15, 0.2) is 11.0 Å². The molecule has 200 valence electrons. The number of allylic oxidation sites excluding steroid dienone is 1. The van der Waals surface area contributed by atoms with Crippen molar-refractivity contribution in [2.75, 3.05) is 17.7 Å². The number of halogens is 1. The van der Waals surface area contributed by atoms with E-state index in [0.717, 1.165) is 22.0 Å². The van der Waals surface area contributed by atoms with Crippen molar-refractivity contribution < 1.29 is 9.00 Å². The average molecular weight is 567 g/mol. The number of nitrogens with one attached hydrogen (secondary N) is 4. The van der Waals surface area contributed by atoms with E-state index in [4.69, 9.17) is 11.6 Å². The van der Waals surface area contributed by atoms with Gasteiger partial charge in [-0.25, -0.2) is 23.3 Å². The third-order valence-corrected chi connectivity index (χ3v) is 6.85. The minimum Gasteiger partial charge on any atom is -0.388 e. The van der Waals surface area contributed by atoms with Gasteiger partial charge in [0.2, 0.25) is 0 Å². The molecule has 1 aromatic carbocycles. The van der Waals surface area contributed by atoms with Gasteiger partial charge in [0.1, 0.15) is 5.82 Å². The number of H-pyrrole nitrogens is 1. The number of aromatic nitrogens is 3. The molecule has 1 atom stereocenters. The van der Waals surface area contributed by atoms with Crippen LogP contribution >= 0.6 is 23.4 Å². The van der Waals surface area contributed by atoms with Crippen molar-refractivity contribution in [3.05, 3.63) is 78.6 Å². The number of carbonyl (C=O) groups excluding carboxylic acids is 1. The third kappa shape index (κ3) is 8.62. The van der Waals surface area contributed by atoms with Crippen LogP contribution in [0.3, 0.4) is 0 Å². The Balaban J connectivity index is 0.00000163. The lowest BCUT2D eigenvalue weighted by Crippen LogP contribution is -2.34. The van der Waals surface area contributed by atoms with E-state index in [9.17, 15) is 18.6 Å². The molecule has 0 aliphatic heterocycles. The molecule has 37 heavy (non-hydrogen) atoms. The van der Waals surface area contributed by atoms with Crippen molar-refractivity contribution in [2.24, 2.45) is 0 Å². The summed E-state index contributed by atoms with van der Waals surface area (Å²) in [4.78, 5) is 44.2. The highest BCUT2D eigenvalue weighted by atomic mass is 35.5. The molecule has 10 nitrogen and oxygen atoms in total. The van der Waals surface area contributed by atoms with Gasteiger partial charge >= 0.3 is 11.7 Å². The number of anilines is 2. The van der Waals surface area contributed by atoms with Crippen molar-refractivity contribution in [1.82, 2.24) is 19.3 Å². The first-order valence-electron chi connectivity index (χ1n) is 11.3. The molecular formula is C24H31ClN6O4S2. The summed E-state index contributed by atoms with van der Waals surface area (Å²) >= 11 is 6.81. The van der Waals surface area contributed by atoms with Gasteiger partial charge in [-0.3, -0.25) is 9.52 Å². The normalized spacial score (nSPS) is 11.3. The van der Waals surface area contributed by atoms with E-state index in [-0.39, 0.29) is 15.7 Å². The Labute approximate surface area is 227 Å². The van der Waals surface area contributed by atoms with E-state index >= 15 is 0 Å². The van der Waals surface area contributed by atoms with Gasteiger partial charge < -0.3 is 15.6 Å². The summed E-state index contributed by atoms with van der Waals surface area (Å²) < 4.78 is 15.7. The first-order chi connectivity index (χ1) is 17.7. The predicted octanol–water partition coefficient (Wildman–Crippen LogP) is 5.26. The third-order valence-electron chi connectivity index (χ3n) is 4.25. The molecule has 0 fully saturated rings. The highest BCUT2D eigenvalue weighted by molar-refractivity contribution is 8.19. The molecular weight excluding hydrogens is 536 g/mol. The predicted molar refractivity (Wildman–Crippen MR) is 157 cm³/mol. The highest BCUT2D eigenvalue weighted by Gasteiger charge is 2.14. The molecule has 2 aromatic heterocycles. The average Bonchev–Trinajstić information content (AvgIpc) is 2.91. The van der Waals surface area contributed by atoms with Crippen LogP contribution in [0.15, 0.2) is 67.4 Å². The maximum Gasteiger partial charge on any atom is 0.334 e. The number of thioether (sulfide) groups is 1. The number of rotatable bonds is 7. The van der Waals surface area contributed by atoms with Crippen LogP contribution in [0.25, 0.3) is 16.7 Å². The largest absolute Gasteiger partial charge is 0.388 e. The molecule has 3 rings (SSSR count). The van der Waals surface area contributed by atoms with E-state index in [0.29, 0.717) is 15.3 Å². The topological polar surface area (TPSA) is 138 Å². The Morgan fingerprint density at radius 2 is 1.81 bits per heavy atom. The van der Waals surface area contributed by atoms with Crippen LogP contribution in [0.2, 0.25) is 0 Å². The second-order valence-corrected chi connectivity index (χ2v) is 9.64. The lowest BCUT2D eigenvalue weighted by atomic mass is 10.2. The SMILES string of the molecule is C=C(S/C(Cl)=C\C)S(=O)NC(=O)Nc1ccc(-n2c(=O)[nH]c3cc(NC)ccc3c2=O)nc1.CC.CC. The molecule has 0 aliphatic carbocycles. The zero-order chi connectivity index (χ0) is 28.1. The van der Waals surface area contributed by atoms with Gasteiger partial charge in [0, 0.05) is 12.7 Å². The van der Waals surface area contributed by atoms with Gasteiger partial charge in [0.25, 0.3) is 5.56 Å². The number of amides is 2. The minimum absolute atomic E-state index is 0.0705. The Morgan fingerprint density at radius 3 is 2.38 bits per heavy atom. The number of aromatic amines is 1. The van der Waals surface area contributed by atoms with Gasteiger partial charge in [-0.1, -0.05) is 63.7 Å². The van der Waals surface area contributed by atoms with Gasteiger partial charge in [-0.15, -0.1) is 0 Å². The molecule has 2 heterocycles. The fraction of sp³-hybridized carbons (Fsp3) is 0.250. The van der Waals surface area contributed by atoms with E-state index in [1.54, 1.807) is 38.2 Å². The molecule has 0 spiro atoms. The van der Waals surface area contributed by atoms with E-state index in [1.165, 1.54) is 18.3 Å². The summed E-state index contributed by atoms with van der Waals surface area (Å²) in [5.41, 5.74) is 0.204. The summed E-state index contributed by atoms with van der Waals surface area (Å²) in [5.74, 6) is 0.0705. The monoisotopic (exact) mass is 566 g/mol. The fourth-order valence-corrected chi connectivity index (χ4v) is 4.46. The zero-order valence-corrected chi connectivity index (χ0v) is 23.9. The first kappa shape index (κ1) is 31.7. The van der Waals surface area contributed by atoms with Crippen molar-refractivity contribution in [2.45, 2.75) is 34.6 Å². The highest BCUT2D eigenvalue weighted by Crippen LogP contribution is 2.28. The molecule has 0 aliphatic rings. The number of carbonyl (C=O) groups is 1. The second-order valence-electron chi connectivity index (χ2n) is 6.38. The Hall–Kier alpha value is -3.35.